The van der Waals surface area contributed by atoms with E-state index in [0.29, 0.717) is 13.1 Å². The molecule has 0 N–H and O–H groups in total. The standard InChI is InChI=1S/C22H24N2O3S/c1-15(19-13-16-7-3-4-9-18(16)27-19)23(2)21(25)17-8-5-11-24(14-17)22(26)20-10-6-12-28-20/h3-4,6-7,9-10,12-13,15,17H,5,8,11,14H2,1-2H3. The predicted molar refractivity (Wildman–Crippen MR) is 110 cm³/mol. The van der Waals surface area contributed by atoms with Crippen LogP contribution in [0.5, 0.6) is 0 Å². The normalized spacial score (nSPS) is 18.2. The lowest BCUT2D eigenvalue weighted by molar-refractivity contribution is -0.137. The van der Waals surface area contributed by atoms with Gasteiger partial charge >= 0.3 is 0 Å². The minimum Gasteiger partial charge on any atom is -0.459 e. The number of benzene rings is 1. The zero-order valence-corrected chi connectivity index (χ0v) is 16.9. The van der Waals surface area contributed by atoms with Crippen LogP contribution in [0.25, 0.3) is 11.0 Å². The predicted octanol–water partition coefficient (Wildman–Crippen LogP) is 4.57. The van der Waals surface area contributed by atoms with Crippen molar-refractivity contribution in [1.29, 1.82) is 0 Å². The highest BCUT2D eigenvalue weighted by molar-refractivity contribution is 7.12. The van der Waals surface area contributed by atoms with Gasteiger partial charge in [0.25, 0.3) is 5.91 Å². The number of hydrogen-bond donors (Lipinski definition) is 0. The number of hydrogen-bond acceptors (Lipinski definition) is 4. The number of carbonyl (C=O) groups excluding carboxylic acids is 2. The number of furan rings is 1. The minimum absolute atomic E-state index is 0.0282. The van der Waals surface area contributed by atoms with E-state index < -0.39 is 0 Å². The third-order valence-corrected chi connectivity index (χ3v) is 6.43. The second-order valence-corrected chi connectivity index (χ2v) is 8.33. The second kappa shape index (κ2) is 7.80. The fourth-order valence-electron chi connectivity index (χ4n) is 3.80. The van der Waals surface area contributed by atoms with Crippen molar-refractivity contribution in [2.75, 3.05) is 20.1 Å². The average Bonchev–Trinajstić information content (AvgIpc) is 3.41. The molecule has 146 valence electrons. The van der Waals surface area contributed by atoms with Crippen molar-refractivity contribution in [2.24, 2.45) is 5.92 Å². The van der Waals surface area contributed by atoms with Crippen molar-refractivity contribution in [3.05, 3.63) is 58.5 Å². The van der Waals surface area contributed by atoms with E-state index in [4.69, 9.17) is 4.42 Å². The van der Waals surface area contributed by atoms with E-state index in [1.807, 2.05) is 66.7 Å². The Morgan fingerprint density at radius 1 is 1.25 bits per heavy atom. The van der Waals surface area contributed by atoms with Crippen molar-refractivity contribution >= 4 is 34.1 Å². The molecule has 1 aromatic carbocycles. The molecule has 3 aromatic rings. The molecule has 28 heavy (non-hydrogen) atoms. The van der Waals surface area contributed by atoms with Gasteiger partial charge in [-0.05, 0) is 43.3 Å². The van der Waals surface area contributed by atoms with E-state index >= 15 is 0 Å². The minimum atomic E-state index is -0.172. The van der Waals surface area contributed by atoms with Gasteiger partial charge in [-0.1, -0.05) is 24.3 Å². The summed E-state index contributed by atoms with van der Waals surface area (Å²) in [4.78, 5) is 30.1. The number of likely N-dealkylation sites (tertiary alicyclic amines) is 1. The van der Waals surface area contributed by atoms with Gasteiger partial charge in [-0.2, -0.15) is 0 Å². The molecule has 2 atom stereocenters. The molecular formula is C22H24N2O3S. The molecule has 1 saturated heterocycles. The Hall–Kier alpha value is -2.60. The molecular weight excluding hydrogens is 372 g/mol. The van der Waals surface area contributed by atoms with E-state index in [-0.39, 0.29) is 23.8 Å². The van der Waals surface area contributed by atoms with Gasteiger partial charge in [0.05, 0.1) is 16.8 Å². The molecule has 1 aliphatic rings. The highest BCUT2D eigenvalue weighted by Gasteiger charge is 2.33. The summed E-state index contributed by atoms with van der Waals surface area (Å²) in [5, 5.41) is 2.94. The van der Waals surface area contributed by atoms with Gasteiger partial charge in [0.15, 0.2) is 0 Å². The summed E-state index contributed by atoms with van der Waals surface area (Å²) in [6, 6.07) is 13.4. The van der Waals surface area contributed by atoms with Gasteiger partial charge in [0, 0.05) is 25.5 Å². The molecule has 3 heterocycles. The van der Waals surface area contributed by atoms with Crippen molar-refractivity contribution in [1.82, 2.24) is 9.80 Å². The van der Waals surface area contributed by atoms with Gasteiger partial charge in [0.2, 0.25) is 5.91 Å². The smallest absolute Gasteiger partial charge is 0.263 e. The number of thiophene rings is 1. The van der Waals surface area contributed by atoms with E-state index in [9.17, 15) is 9.59 Å². The number of rotatable bonds is 4. The molecule has 0 saturated carbocycles. The number of carbonyl (C=O) groups is 2. The van der Waals surface area contributed by atoms with Crippen LogP contribution in [0.1, 0.15) is 41.2 Å². The molecule has 0 bridgehead atoms. The van der Waals surface area contributed by atoms with Gasteiger partial charge < -0.3 is 14.2 Å². The van der Waals surface area contributed by atoms with Crippen molar-refractivity contribution in [2.45, 2.75) is 25.8 Å². The van der Waals surface area contributed by atoms with Gasteiger partial charge in [-0.25, -0.2) is 0 Å². The first-order valence-electron chi connectivity index (χ1n) is 9.62. The van der Waals surface area contributed by atoms with E-state index in [0.717, 1.165) is 34.4 Å². The van der Waals surface area contributed by atoms with Crippen LogP contribution in [0, 0.1) is 5.92 Å². The van der Waals surface area contributed by atoms with Crippen molar-refractivity contribution in [3.63, 3.8) is 0 Å². The van der Waals surface area contributed by atoms with Crippen LogP contribution < -0.4 is 0 Å². The number of fused-ring (bicyclic) bond motifs is 1. The first kappa shape index (κ1) is 18.7. The summed E-state index contributed by atoms with van der Waals surface area (Å²) >= 11 is 1.45. The molecule has 4 rings (SSSR count). The summed E-state index contributed by atoms with van der Waals surface area (Å²) in [6.45, 7) is 3.17. The molecule has 0 radical (unpaired) electrons. The molecule has 2 amide bonds. The first-order chi connectivity index (χ1) is 13.5. The quantitative estimate of drug-likeness (QED) is 0.649. The van der Waals surface area contributed by atoms with Gasteiger partial charge in [-0.15, -0.1) is 11.3 Å². The van der Waals surface area contributed by atoms with Crippen LogP contribution in [-0.2, 0) is 4.79 Å². The Bertz CT molecular complexity index is 946. The van der Waals surface area contributed by atoms with E-state index in [1.165, 1.54) is 11.3 Å². The summed E-state index contributed by atoms with van der Waals surface area (Å²) < 4.78 is 5.94. The monoisotopic (exact) mass is 396 g/mol. The summed E-state index contributed by atoms with van der Waals surface area (Å²) in [5.74, 6) is 0.700. The van der Waals surface area contributed by atoms with E-state index in [2.05, 4.69) is 0 Å². The lowest BCUT2D eigenvalue weighted by Gasteiger charge is -2.35. The van der Waals surface area contributed by atoms with Crippen LogP contribution in [-0.4, -0.2) is 41.8 Å². The highest BCUT2D eigenvalue weighted by atomic mass is 32.1. The lowest BCUT2D eigenvalue weighted by atomic mass is 9.95. The average molecular weight is 397 g/mol. The molecule has 1 aliphatic heterocycles. The van der Waals surface area contributed by atoms with Crippen LogP contribution in [0.2, 0.25) is 0 Å². The maximum atomic E-state index is 13.1. The van der Waals surface area contributed by atoms with Crippen LogP contribution >= 0.6 is 11.3 Å². The zero-order chi connectivity index (χ0) is 19.7. The second-order valence-electron chi connectivity index (χ2n) is 7.38. The molecule has 0 spiro atoms. The number of piperidine rings is 1. The fraction of sp³-hybridized carbons (Fsp3) is 0.364. The molecule has 1 fully saturated rings. The number of para-hydroxylation sites is 1. The van der Waals surface area contributed by atoms with Crippen molar-refractivity contribution in [3.8, 4) is 0 Å². The SMILES string of the molecule is CC(c1cc2ccccc2o1)N(C)C(=O)C1CCCN(C(=O)c2cccs2)C1. The Morgan fingerprint density at radius 2 is 2.07 bits per heavy atom. The zero-order valence-electron chi connectivity index (χ0n) is 16.1. The number of amides is 2. The van der Waals surface area contributed by atoms with Gasteiger partial charge in [-0.3, -0.25) is 9.59 Å². The Balaban J connectivity index is 1.45. The van der Waals surface area contributed by atoms with Crippen LogP contribution in [0.3, 0.4) is 0 Å². The molecule has 2 unspecified atom stereocenters. The third kappa shape index (κ3) is 3.56. The van der Waals surface area contributed by atoms with E-state index in [1.54, 1.807) is 4.90 Å². The largest absolute Gasteiger partial charge is 0.459 e. The highest BCUT2D eigenvalue weighted by Crippen LogP contribution is 2.29. The topological polar surface area (TPSA) is 53.8 Å². The number of nitrogens with zero attached hydrogens (tertiary/aromatic N) is 2. The lowest BCUT2D eigenvalue weighted by Crippen LogP contribution is -2.46. The molecule has 5 nitrogen and oxygen atoms in total. The van der Waals surface area contributed by atoms with Crippen LogP contribution in [0.15, 0.2) is 52.3 Å². The summed E-state index contributed by atoms with van der Waals surface area (Å²) in [5.41, 5.74) is 0.829. The molecule has 6 heteroatoms. The maximum absolute atomic E-state index is 13.1. The Kier molecular flexibility index (Phi) is 5.22. The van der Waals surface area contributed by atoms with Crippen molar-refractivity contribution < 1.29 is 14.0 Å². The summed E-state index contributed by atoms with van der Waals surface area (Å²) in [7, 11) is 1.82. The van der Waals surface area contributed by atoms with Crippen LogP contribution in [0.4, 0.5) is 0 Å². The first-order valence-corrected chi connectivity index (χ1v) is 10.5. The van der Waals surface area contributed by atoms with Gasteiger partial charge in [0.1, 0.15) is 11.3 Å². The Labute approximate surface area is 168 Å². The Morgan fingerprint density at radius 3 is 2.82 bits per heavy atom. The maximum Gasteiger partial charge on any atom is 0.263 e. The molecule has 2 aromatic heterocycles. The fourth-order valence-corrected chi connectivity index (χ4v) is 4.49. The summed E-state index contributed by atoms with van der Waals surface area (Å²) in [6.07, 6.45) is 1.66. The molecule has 0 aliphatic carbocycles. The third-order valence-electron chi connectivity index (χ3n) is 5.57.